The summed E-state index contributed by atoms with van der Waals surface area (Å²) in [6.45, 7) is -2.83. The van der Waals surface area contributed by atoms with Gasteiger partial charge in [-0.05, 0) is 39.7 Å². The van der Waals surface area contributed by atoms with Crippen molar-refractivity contribution in [2.45, 2.75) is 12.0 Å². The third-order valence-electron chi connectivity index (χ3n) is 2.31. The fourth-order valence-corrected chi connectivity index (χ4v) is 3.57. The zero-order valence-electron chi connectivity index (χ0n) is 9.25. The summed E-state index contributed by atoms with van der Waals surface area (Å²) in [5.74, 6) is 0.105. The molecule has 0 aliphatic heterocycles. The lowest BCUT2D eigenvalue weighted by Gasteiger charge is -2.09. The molecule has 1 aromatic carbocycles. The zero-order valence-corrected chi connectivity index (χ0v) is 13.2. The number of hydrogen-bond donors (Lipinski definition) is 0. The molecule has 0 amide bonds. The number of hydrogen-bond acceptors (Lipinski definition) is 2. The van der Waals surface area contributed by atoms with E-state index in [0.29, 0.717) is 5.02 Å². The van der Waals surface area contributed by atoms with Crippen LogP contribution in [0, 0.1) is 0 Å². The van der Waals surface area contributed by atoms with Gasteiger partial charge in [0.1, 0.15) is 5.75 Å². The van der Waals surface area contributed by atoms with Crippen LogP contribution in [0.25, 0.3) is 0 Å². The number of thiophene rings is 1. The monoisotopic (exact) mass is 386 g/mol. The Kier molecular flexibility index (Phi) is 5.06. The third kappa shape index (κ3) is 3.81. The summed E-state index contributed by atoms with van der Waals surface area (Å²) < 4.78 is 29.1. The van der Waals surface area contributed by atoms with Crippen molar-refractivity contribution >= 4 is 50.5 Å². The van der Waals surface area contributed by atoms with E-state index in [2.05, 4.69) is 20.7 Å². The summed E-state index contributed by atoms with van der Waals surface area (Å²) in [7, 11) is 0. The molecule has 0 N–H and O–H groups in total. The van der Waals surface area contributed by atoms with Crippen molar-refractivity contribution in [2.24, 2.45) is 0 Å². The quantitative estimate of drug-likeness (QED) is 0.576. The molecule has 0 saturated carbocycles. The van der Waals surface area contributed by atoms with Crippen LogP contribution in [0.5, 0.6) is 5.75 Å². The molecule has 1 aromatic heterocycles. The Morgan fingerprint density at radius 1 is 1.21 bits per heavy atom. The molecule has 0 spiro atoms. The average molecular weight is 388 g/mol. The smallest absolute Gasteiger partial charge is 0.387 e. The second-order valence-corrected chi connectivity index (χ2v) is 6.83. The third-order valence-corrected chi connectivity index (χ3v) is 5.47. The highest BCUT2D eigenvalue weighted by Crippen LogP contribution is 2.40. The van der Waals surface area contributed by atoms with Gasteiger partial charge in [-0.2, -0.15) is 8.78 Å². The van der Waals surface area contributed by atoms with Crippen molar-refractivity contribution in [3.63, 3.8) is 0 Å². The topological polar surface area (TPSA) is 9.23 Å². The Hall–Kier alpha value is -0.360. The molecule has 102 valence electrons. The molecular formula is C12H7BrCl2F2OS. The van der Waals surface area contributed by atoms with Crippen molar-refractivity contribution in [3.05, 3.63) is 49.6 Å². The van der Waals surface area contributed by atoms with E-state index < -0.39 is 6.61 Å². The maximum atomic E-state index is 12.0. The molecule has 1 nitrogen and oxygen atoms in total. The largest absolute Gasteiger partial charge is 0.435 e. The van der Waals surface area contributed by atoms with Gasteiger partial charge in [-0.15, -0.1) is 22.9 Å². The summed E-state index contributed by atoms with van der Waals surface area (Å²) in [5.41, 5.74) is 0.786. The van der Waals surface area contributed by atoms with Gasteiger partial charge in [0, 0.05) is 4.88 Å². The first kappa shape index (κ1) is 15.0. The van der Waals surface area contributed by atoms with E-state index in [1.165, 1.54) is 23.5 Å². The molecule has 0 saturated heterocycles. The van der Waals surface area contributed by atoms with Crippen molar-refractivity contribution < 1.29 is 13.5 Å². The van der Waals surface area contributed by atoms with Gasteiger partial charge in [-0.1, -0.05) is 23.7 Å². The molecule has 0 bridgehead atoms. The molecule has 0 aliphatic rings. The summed E-state index contributed by atoms with van der Waals surface area (Å²) in [5, 5.41) is 0.220. The predicted molar refractivity (Wildman–Crippen MR) is 77.8 cm³/mol. The van der Waals surface area contributed by atoms with Gasteiger partial charge in [0.2, 0.25) is 0 Å². The van der Waals surface area contributed by atoms with Crippen LogP contribution in [-0.2, 0) is 0 Å². The minimum Gasteiger partial charge on any atom is -0.435 e. The van der Waals surface area contributed by atoms with Crippen LogP contribution in [0.3, 0.4) is 0 Å². The van der Waals surface area contributed by atoms with E-state index in [1.54, 1.807) is 18.2 Å². The molecule has 2 rings (SSSR count). The maximum absolute atomic E-state index is 12.0. The average Bonchev–Trinajstić information content (AvgIpc) is 2.69. The van der Waals surface area contributed by atoms with Crippen molar-refractivity contribution in [1.82, 2.24) is 0 Å². The van der Waals surface area contributed by atoms with E-state index in [9.17, 15) is 8.78 Å². The lowest BCUT2D eigenvalue weighted by molar-refractivity contribution is -0.0498. The van der Waals surface area contributed by atoms with Crippen LogP contribution in [0.1, 0.15) is 15.8 Å². The van der Waals surface area contributed by atoms with Crippen LogP contribution in [0.4, 0.5) is 8.78 Å². The second-order valence-electron chi connectivity index (χ2n) is 3.58. The highest BCUT2D eigenvalue weighted by molar-refractivity contribution is 9.11. The zero-order chi connectivity index (χ0) is 14.0. The number of halogens is 5. The molecular weight excluding hydrogens is 381 g/mol. The molecule has 2 aromatic rings. The van der Waals surface area contributed by atoms with E-state index >= 15 is 0 Å². The molecule has 1 atom stereocenters. The van der Waals surface area contributed by atoms with Crippen LogP contribution in [0.2, 0.25) is 5.02 Å². The molecule has 0 fully saturated rings. The highest BCUT2D eigenvalue weighted by atomic mass is 79.9. The summed E-state index contributed by atoms with van der Waals surface area (Å²) in [6.07, 6.45) is 0. The number of ether oxygens (including phenoxy) is 1. The predicted octanol–water partition coefficient (Wildman–Crippen LogP) is 6.09. The van der Waals surface area contributed by atoms with Gasteiger partial charge in [0.15, 0.2) is 0 Å². The SMILES string of the molecule is FC(F)Oc1ccc(C(Cl)c2cc(Cl)c(Br)s2)cc1. The van der Waals surface area contributed by atoms with E-state index in [0.717, 1.165) is 14.2 Å². The Balaban J connectivity index is 2.17. The van der Waals surface area contributed by atoms with Gasteiger partial charge >= 0.3 is 6.61 Å². The van der Waals surface area contributed by atoms with Gasteiger partial charge in [0.25, 0.3) is 0 Å². The Bertz CT molecular complexity index is 540. The molecule has 7 heteroatoms. The normalized spacial score (nSPS) is 12.7. The van der Waals surface area contributed by atoms with Gasteiger partial charge in [-0.3, -0.25) is 0 Å². The van der Waals surface area contributed by atoms with Crippen molar-refractivity contribution in [3.8, 4) is 5.75 Å². The Morgan fingerprint density at radius 2 is 1.84 bits per heavy atom. The minimum atomic E-state index is -2.83. The Morgan fingerprint density at radius 3 is 2.32 bits per heavy atom. The number of alkyl halides is 3. The van der Waals surface area contributed by atoms with Crippen LogP contribution in [-0.4, -0.2) is 6.61 Å². The minimum absolute atomic E-state index is 0.105. The highest BCUT2D eigenvalue weighted by Gasteiger charge is 2.16. The molecule has 0 aliphatic carbocycles. The fraction of sp³-hybridized carbons (Fsp3) is 0.167. The summed E-state index contributed by atoms with van der Waals surface area (Å²) in [4.78, 5) is 0.876. The maximum Gasteiger partial charge on any atom is 0.387 e. The van der Waals surface area contributed by atoms with Crippen molar-refractivity contribution in [1.29, 1.82) is 0 Å². The lowest BCUT2D eigenvalue weighted by Crippen LogP contribution is -2.01. The number of rotatable bonds is 4. The van der Waals surface area contributed by atoms with E-state index in [-0.39, 0.29) is 11.1 Å². The standard InChI is InChI=1S/C12H7BrCl2F2OS/c13-11-8(14)5-9(19-11)10(15)6-1-3-7(4-2-6)18-12(16)17/h1-5,10,12H. The summed E-state index contributed by atoms with van der Waals surface area (Å²) in [6, 6.07) is 7.99. The first-order valence-corrected chi connectivity index (χ1v) is 7.53. The lowest BCUT2D eigenvalue weighted by atomic mass is 10.1. The van der Waals surface area contributed by atoms with Crippen molar-refractivity contribution in [2.75, 3.05) is 0 Å². The molecule has 0 radical (unpaired) electrons. The van der Waals surface area contributed by atoms with Gasteiger partial charge in [0.05, 0.1) is 14.2 Å². The second kappa shape index (κ2) is 6.39. The molecule has 19 heavy (non-hydrogen) atoms. The van der Waals surface area contributed by atoms with E-state index in [1.807, 2.05) is 0 Å². The molecule has 1 heterocycles. The van der Waals surface area contributed by atoms with Crippen LogP contribution >= 0.6 is 50.5 Å². The first-order chi connectivity index (χ1) is 8.97. The van der Waals surface area contributed by atoms with E-state index in [4.69, 9.17) is 23.2 Å². The first-order valence-electron chi connectivity index (χ1n) is 5.11. The van der Waals surface area contributed by atoms with Crippen LogP contribution < -0.4 is 4.74 Å². The summed E-state index contributed by atoms with van der Waals surface area (Å²) >= 11 is 17.0. The van der Waals surface area contributed by atoms with Gasteiger partial charge in [-0.25, -0.2) is 0 Å². The number of benzene rings is 1. The van der Waals surface area contributed by atoms with Crippen LogP contribution in [0.15, 0.2) is 34.1 Å². The Labute approximate surface area is 131 Å². The van der Waals surface area contributed by atoms with Gasteiger partial charge < -0.3 is 4.74 Å². The fourth-order valence-electron chi connectivity index (χ4n) is 1.47. The molecule has 1 unspecified atom stereocenters.